The number of aliphatic hydroxyl groups is 1. The van der Waals surface area contributed by atoms with Gasteiger partial charge < -0.3 is 14.8 Å². The third kappa shape index (κ3) is 2.93. The summed E-state index contributed by atoms with van der Waals surface area (Å²) in [7, 11) is 0. The molecule has 5 nitrogen and oxygen atoms in total. The van der Waals surface area contributed by atoms with Crippen molar-refractivity contribution in [2.45, 2.75) is 37.8 Å². The second-order valence-corrected chi connectivity index (χ2v) is 4.97. The number of rotatable bonds is 3. The highest BCUT2D eigenvalue weighted by molar-refractivity contribution is 5.61. The topological polar surface area (TPSA) is 71.2 Å². The third-order valence-corrected chi connectivity index (χ3v) is 3.54. The normalized spacial score (nSPS) is 23.2. The average Bonchev–Trinajstić information content (AvgIpc) is 2.96. The van der Waals surface area contributed by atoms with Crippen LogP contribution < -0.4 is 5.32 Å². The largest absolute Gasteiger partial charge is 0.423 e. The molecule has 0 unspecified atom stereocenters. The van der Waals surface area contributed by atoms with E-state index in [1.807, 2.05) is 24.3 Å². The summed E-state index contributed by atoms with van der Waals surface area (Å²) in [5.41, 5.74) is 1.97. The summed E-state index contributed by atoms with van der Waals surface area (Å²) in [4.78, 5) is 0. The SMILES string of the molecule is OC1CCC(Nc2cccc(-c3nnco3)c2)CC1. The van der Waals surface area contributed by atoms with Crippen molar-refractivity contribution in [3.8, 4) is 11.5 Å². The van der Waals surface area contributed by atoms with E-state index >= 15 is 0 Å². The molecule has 0 radical (unpaired) electrons. The summed E-state index contributed by atoms with van der Waals surface area (Å²) >= 11 is 0. The zero-order valence-corrected chi connectivity index (χ0v) is 10.6. The third-order valence-electron chi connectivity index (χ3n) is 3.54. The van der Waals surface area contributed by atoms with E-state index in [2.05, 4.69) is 15.5 Å². The van der Waals surface area contributed by atoms with Crippen LogP contribution in [0.15, 0.2) is 35.1 Å². The minimum absolute atomic E-state index is 0.122. The molecule has 5 heteroatoms. The lowest BCUT2D eigenvalue weighted by Crippen LogP contribution is -2.28. The fourth-order valence-corrected chi connectivity index (χ4v) is 2.50. The Morgan fingerprint density at radius 3 is 2.79 bits per heavy atom. The van der Waals surface area contributed by atoms with Crippen LogP contribution in [0.3, 0.4) is 0 Å². The van der Waals surface area contributed by atoms with Crippen LogP contribution in [-0.4, -0.2) is 27.4 Å². The van der Waals surface area contributed by atoms with E-state index in [1.165, 1.54) is 6.39 Å². The van der Waals surface area contributed by atoms with Gasteiger partial charge in [-0.2, -0.15) is 0 Å². The first-order valence-electron chi connectivity index (χ1n) is 6.62. The second kappa shape index (κ2) is 5.40. The molecule has 0 bridgehead atoms. The summed E-state index contributed by atoms with van der Waals surface area (Å²) in [6.45, 7) is 0. The van der Waals surface area contributed by atoms with Gasteiger partial charge in [-0.25, -0.2) is 0 Å². The number of anilines is 1. The number of aromatic nitrogens is 2. The Morgan fingerprint density at radius 1 is 1.21 bits per heavy atom. The van der Waals surface area contributed by atoms with Gasteiger partial charge in [-0.1, -0.05) is 6.07 Å². The molecule has 1 aromatic carbocycles. The van der Waals surface area contributed by atoms with Gasteiger partial charge in [-0.15, -0.1) is 10.2 Å². The van der Waals surface area contributed by atoms with E-state index in [0.717, 1.165) is 36.9 Å². The Morgan fingerprint density at radius 2 is 2.05 bits per heavy atom. The smallest absolute Gasteiger partial charge is 0.247 e. The van der Waals surface area contributed by atoms with Gasteiger partial charge in [-0.3, -0.25) is 0 Å². The van der Waals surface area contributed by atoms with Crippen LogP contribution in [0.4, 0.5) is 5.69 Å². The molecule has 1 aliphatic rings. The zero-order valence-electron chi connectivity index (χ0n) is 10.6. The first-order chi connectivity index (χ1) is 9.31. The Kier molecular flexibility index (Phi) is 3.46. The van der Waals surface area contributed by atoms with E-state index in [0.29, 0.717) is 11.9 Å². The molecule has 0 amide bonds. The highest BCUT2D eigenvalue weighted by Crippen LogP contribution is 2.25. The van der Waals surface area contributed by atoms with Gasteiger partial charge in [-0.05, 0) is 43.9 Å². The summed E-state index contributed by atoms with van der Waals surface area (Å²) in [6, 6.07) is 8.40. The van der Waals surface area contributed by atoms with Crippen LogP contribution in [0, 0.1) is 0 Å². The maximum atomic E-state index is 9.51. The van der Waals surface area contributed by atoms with Gasteiger partial charge in [0.15, 0.2) is 0 Å². The van der Waals surface area contributed by atoms with Crippen molar-refractivity contribution in [2.24, 2.45) is 0 Å². The molecule has 100 valence electrons. The number of nitrogens with one attached hydrogen (secondary N) is 1. The monoisotopic (exact) mass is 259 g/mol. The van der Waals surface area contributed by atoms with Gasteiger partial charge >= 0.3 is 0 Å². The average molecular weight is 259 g/mol. The van der Waals surface area contributed by atoms with E-state index < -0.39 is 0 Å². The predicted molar refractivity (Wildman–Crippen MR) is 71.6 cm³/mol. The van der Waals surface area contributed by atoms with Gasteiger partial charge in [0.25, 0.3) is 0 Å². The Balaban J connectivity index is 1.70. The van der Waals surface area contributed by atoms with E-state index in [4.69, 9.17) is 4.42 Å². The molecule has 3 rings (SSSR count). The van der Waals surface area contributed by atoms with Gasteiger partial charge in [0.05, 0.1) is 6.10 Å². The molecule has 0 spiro atoms. The number of nitrogens with zero attached hydrogens (tertiary/aromatic N) is 2. The maximum absolute atomic E-state index is 9.51. The lowest BCUT2D eigenvalue weighted by Gasteiger charge is -2.27. The van der Waals surface area contributed by atoms with Gasteiger partial charge in [0.1, 0.15) is 0 Å². The molecule has 2 aromatic rings. The van der Waals surface area contributed by atoms with Gasteiger partial charge in [0.2, 0.25) is 12.3 Å². The van der Waals surface area contributed by atoms with E-state index in [1.54, 1.807) is 0 Å². The predicted octanol–water partition coefficient (Wildman–Crippen LogP) is 2.45. The number of benzene rings is 1. The first kappa shape index (κ1) is 12.2. The van der Waals surface area contributed by atoms with Crippen molar-refractivity contribution in [3.63, 3.8) is 0 Å². The minimum Gasteiger partial charge on any atom is -0.423 e. The highest BCUT2D eigenvalue weighted by atomic mass is 16.4. The zero-order chi connectivity index (χ0) is 13.1. The lowest BCUT2D eigenvalue weighted by molar-refractivity contribution is 0.126. The highest BCUT2D eigenvalue weighted by Gasteiger charge is 2.19. The Bertz CT molecular complexity index is 519. The number of aliphatic hydroxyl groups excluding tert-OH is 1. The quantitative estimate of drug-likeness (QED) is 0.886. The van der Waals surface area contributed by atoms with Crippen molar-refractivity contribution < 1.29 is 9.52 Å². The van der Waals surface area contributed by atoms with E-state index in [9.17, 15) is 5.11 Å². The molecule has 1 fully saturated rings. The fraction of sp³-hybridized carbons (Fsp3) is 0.429. The van der Waals surface area contributed by atoms with Crippen LogP contribution in [0.25, 0.3) is 11.5 Å². The summed E-state index contributed by atoms with van der Waals surface area (Å²) in [6.07, 6.45) is 4.97. The molecule has 1 aromatic heterocycles. The molecule has 1 saturated carbocycles. The molecule has 0 atom stereocenters. The fourth-order valence-electron chi connectivity index (χ4n) is 2.50. The molecule has 2 N–H and O–H groups in total. The molecule has 1 heterocycles. The van der Waals surface area contributed by atoms with Crippen LogP contribution in [0.5, 0.6) is 0 Å². The van der Waals surface area contributed by atoms with Crippen molar-refractivity contribution in [1.29, 1.82) is 0 Å². The molecule has 0 aliphatic heterocycles. The summed E-state index contributed by atoms with van der Waals surface area (Å²) < 4.78 is 5.20. The molecule has 0 saturated heterocycles. The summed E-state index contributed by atoms with van der Waals surface area (Å²) in [5, 5.41) is 20.6. The van der Waals surface area contributed by atoms with Crippen molar-refractivity contribution in [2.75, 3.05) is 5.32 Å². The van der Waals surface area contributed by atoms with E-state index in [-0.39, 0.29) is 6.10 Å². The number of hydrogen-bond donors (Lipinski definition) is 2. The van der Waals surface area contributed by atoms with Crippen LogP contribution >= 0.6 is 0 Å². The van der Waals surface area contributed by atoms with Crippen molar-refractivity contribution in [3.05, 3.63) is 30.7 Å². The first-order valence-corrected chi connectivity index (χ1v) is 6.62. The molecule has 1 aliphatic carbocycles. The minimum atomic E-state index is -0.122. The molecule has 19 heavy (non-hydrogen) atoms. The Hall–Kier alpha value is -1.88. The van der Waals surface area contributed by atoms with Crippen LogP contribution in [-0.2, 0) is 0 Å². The number of hydrogen-bond acceptors (Lipinski definition) is 5. The summed E-state index contributed by atoms with van der Waals surface area (Å²) in [5.74, 6) is 0.530. The Labute approximate surface area is 111 Å². The standard InChI is InChI=1S/C14H17N3O2/c18-13-6-4-11(5-7-13)16-12-3-1-2-10(8-12)14-17-15-9-19-14/h1-3,8-9,11,13,16,18H,4-7H2. The maximum Gasteiger partial charge on any atom is 0.247 e. The van der Waals surface area contributed by atoms with Crippen LogP contribution in [0.1, 0.15) is 25.7 Å². The van der Waals surface area contributed by atoms with Gasteiger partial charge in [0, 0.05) is 17.3 Å². The lowest BCUT2D eigenvalue weighted by atomic mass is 9.93. The molecular formula is C14H17N3O2. The van der Waals surface area contributed by atoms with Crippen LogP contribution in [0.2, 0.25) is 0 Å². The second-order valence-electron chi connectivity index (χ2n) is 4.97. The van der Waals surface area contributed by atoms with Crippen molar-refractivity contribution in [1.82, 2.24) is 10.2 Å². The molecular weight excluding hydrogens is 242 g/mol. The van der Waals surface area contributed by atoms with Crippen molar-refractivity contribution >= 4 is 5.69 Å².